The van der Waals surface area contributed by atoms with Crippen LogP contribution in [0.2, 0.25) is 15.1 Å². The van der Waals surface area contributed by atoms with Gasteiger partial charge in [0.15, 0.2) is 5.82 Å². The highest BCUT2D eigenvalue weighted by atomic mass is 35.5. The van der Waals surface area contributed by atoms with Crippen LogP contribution in [0.5, 0.6) is 0 Å². The predicted molar refractivity (Wildman–Crippen MR) is 107 cm³/mol. The Hall–Kier alpha value is -2.20. The third-order valence-electron chi connectivity index (χ3n) is 4.01. The average Bonchev–Trinajstić information content (AvgIpc) is 3.00. The second-order valence-corrected chi connectivity index (χ2v) is 6.95. The van der Waals surface area contributed by atoms with Crippen LogP contribution in [-0.4, -0.2) is 9.71 Å². The summed E-state index contributed by atoms with van der Waals surface area (Å²) in [5.74, 6) is 0.686. The molecule has 0 spiro atoms. The van der Waals surface area contributed by atoms with Crippen molar-refractivity contribution >= 4 is 45.8 Å². The molecule has 26 heavy (non-hydrogen) atoms. The number of halogens is 3. The minimum atomic E-state index is 0.205. The molecule has 1 heterocycles. The quantitative estimate of drug-likeness (QED) is 0.400. The van der Waals surface area contributed by atoms with Crippen LogP contribution in [0, 0.1) is 0 Å². The van der Waals surface area contributed by atoms with E-state index in [1.807, 2.05) is 42.5 Å². The zero-order valence-corrected chi connectivity index (χ0v) is 15.8. The average molecular weight is 404 g/mol. The second-order valence-electron chi connectivity index (χ2n) is 5.70. The molecule has 0 fully saturated rings. The molecule has 3 aromatic carbocycles. The largest absolute Gasteiger partial charge is 0.407 e. The van der Waals surface area contributed by atoms with Crippen molar-refractivity contribution in [2.45, 2.75) is 6.61 Å². The standard InChI is InChI=1S/C20H13Cl3N2O/c21-14-9-10-18-19(11-14)25(20(24-18)13-5-2-1-3-6-13)26-12-15-16(22)7-4-8-17(15)23/h1-11H,12H2. The molecule has 0 amide bonds. The number of rotatable bonds is 4. The van der Waals surface area contributed by atoms with E-state index in [2.05, 4.69) is 0 Å². The van der Waals surface area contributed by atoms with Crippen molar-refractivity contribution in [3.63, 3.8) is 0 Å². The predicted octanol–water partition coefficient (Wildman–Crippen LogP) is 6.29. The van der Waals surface area contributed by atoms with Crippen molar-refractivity contribution in [2.24, 2.45) is 0 Å². The first kappa shape index (κ1) is 17.2. The third-order valence-corrected chi connectivity index (χ3v) is 4.95. The van der Waals surface area contributed by atoms with E-state index in [4.69, 9.17) is 44.6 Å². The lowest BCUT2D eigenvalue weighted by molar-refractivity contribution is 0.110. The first-order valence-electron chi connectivity index (χ1n) is 7.93. The van der Waals surface area contributed by atoms with Crippen LogP contribution in [0.15, 0.2) is 66.7 Å². The molecule has 130 valence electrons. The highest BCUT2D eigenvalue weighted by Crippen LogP contribution is 2.28. The number of benzene rings is 3. The molecule has 0 radical (unpaired) electrons. The zero-order chi connectivity index (χ0) is 18.1. The summed E-state index contributed by atoms with van der Waals surface area (Å²) in [6, 6.07) is 20.7. The molecule has 1 aromatic heterocycles. The van der Waals surface area contributed by atoms with E-state index in [9.17, 15) is 0 Å². The van der Waals surface area contributed by atoms with Gasteiger partial charge in [-0.25, -0.2) is 4.98 Å². The Morgan fingerprint density at radius 3 is 2.31 bits per heavy atom. The molecule has 0 atom stereocenters. The maximum absolute atomic E-state index is 6.26. The molecule has 0 aliphatic rings. The second kappa shape index (κ2) is 7.20. The molecule has 0 aliphatic heterocycles. The van der Waals surface area contributed by atoms with Gasteiger partial charge in [-0.15, -0.1) is 0 Å². The maximum atomic E-state index is 6.26. The summed E-state index contributed by atoms with van der Waals surface area (Å²) in [5, 5.41) is 1.72. The molecule has 0 N–H and O–H groups in total. The molecule has 4 aromatic rings. The fraction of sp³-hybridized carbons (Fsp3) is 0.0500. The molecule has 6 heteroatoms. The summed E-state index contributed by atoms with van der Waals surface area (Å²) >= 11 is 18.7. The Morgan fingerprint density at radius 1 is 0.846 bits per heavy atom. The number of nitrogens with zero attached hydrogens (tertiary/aromatic N) is 2. The van der Waals surface area contributed by atoms with E-state index >= 15 is 0 Å². The van der Waals surface area contributed by atoms with Gasteiger partial charge in [0.05, 0.1) is 5.52 Å². The van der Waals surface area contributed by atoms with Crippen LogP contribution in [0.3, 0.4) is 0 Å². The zero-order valence-electron chi connectivity index (χ0n) is 13.5. The monoisotopic (exact) mass is 402 g/mol. The fourth-order valence-electron chi connectivity index (χ4n) is 2.73. The van der Waals surface area contributed by atoms with Crippen LogP contribution in [0.25, 0.3) is 22.4 Å². The summed E-state index contributed by atoms with van der Waals surface area (Å²) in [6.07, 6.45) is 0. The van der Waals surface area contributed by atoms with Crippen molar-refractivity contribution in [3.8, 4) is 11.4 Å². The summed E-state index contributed by atoms with van der Waals surface area (Å²) in [7, 11) is 0. The van der Waals surface area contributed by atoms with Crippen molar-refractivity contribution in [1.82, 2.24) is 9.71 Å². The first-order chi connectivity index (χ1) is 12.6. The van der Waals surface area contributed by atoms with Gasteiger partial charge in [-0.2, -0.15) is 4.73 Å². The highest BCUT2D eigenvalue weighted by molar-refractivity contribution is 6.36. The maximum Gasteiger partial charge on any atom is 0.176 e. The topological polar surface area (TPSA) is 27.1 Å². The molecule has 0 aliphatic carbocycles. The van der Waals surface area contributed by atoms with Gasteiger partial charge in [-0.3, -0.25) is 0 Å². The van der Waals surface area contributed by atoms with Crippen LogP contribution in [0.4, 0.5) is 0 Å². The Morgan fingerprint density at radius 2 is 1.58 bits per heavy atom. The smallest absolute Gasteiger partial charge is 0.176 e. The van der Waals surface area contributed by atoms with Crippen molar-refractivity contribution in [1.29, 1.82) is 0 Å². The van der Waals surface area contributed by atoms with E-state index in [0.717, 1.165) is 22.2 Å². The Bertz CT molecular complexity index is 1060. The summed E-state index contributed by atoms with van der Waals surface area (Å²) in [6.45, 7) is 0.205. The van der Waals surface area contributed by atoms with E-state index < -0.39 is 0 Å². The Kier molecular flexibility index (Phi) is 4.77. The Balaban J connectivity index is 1.81. The van der Waals surface area contributed by atoms with Gasteiger partial charge in [-0.05, 0) is 30.3 Å². The van der Waals surface area contributed by atoms with Gasteiger partial charge in [0.2, 0.25) is 0 Å². The number of hydrogen-bond donors (Lipinski definition) is 0. The van der Waals surface area contributed by atoms with E-state index in [0.29, 0.717) is 20.9 Å². The molecule has 0 bridgehead atoms. The SMILES string of the molecule is Clc1ccc2nc(-c3ccccc3)n(OCc3c(Cl)cccc3Cl)c2c1. The normalized spacial score (nSPS) is 11.0. The van der Waals surface area contributed by atoms with E-state index in [1.165, 1.54) is 0 Å². The van der Waals surface area contributed by atoms with Gasteiger partial charge < -0.3 is 4.84 Å². The van der Waals surface area contributed by atoms with E-state index in [-0.39, 0.29) is 6.61 Å². The lowest BCUT2D eigenvalue weighted by Crippen LogP contribution is -2.13. The van der Waals surface area contributed by atoms with Crippen LogP contribution >= 0.6 is 34.8 Å². The minimum Gasteiger partial charge on any atom is -0.407 e. The van der Waals surface area contributed by atoms with Crippen molar-refractivity contribution in [3.05, 3.63) is 87.4 Å². The van der Waals surface area contributed by atoms with Gasteiger partial charge in [-0.1, -0.05) is 71.2 Å². The van der Waals surface area contributed by atoms with Crippen LogP contribution in [0.1, 0.15) is 5.56 Å². The van der Waals surface area contributed by atoms with E-state index in [1.54, 1.807) is 29.0 Å². The van der Waals surface area contributed by atoms with Crippen LogP contribution in [-0.2, 0) is 6.61 Å². The lowest BCUT2D eigenvalue weighted by Gasteiger charge is -2.13. The molecule has 3 nitrogen and oxygen atoms in total. The van der Waals surface area contributed by atoms with Gasteiger partial charge in [0.1, 0.15) is 12.1 Å². The van der Waals surface area contributed by atoms with Crippen LogP contribution < -0.4 is 4.84 Å². The number of imidazole rings is 1. The van der Waals surface area contributed by atoms with Gasteiger partial charge in [0.25, 0.3) is 0 Å². The molecular weight excluding hydrogens is 391 g/mol. The Labute approximate surface area is 165 Å². The van der Waals surface area contributed by atoms with Gasteiger partial charge in [0, 0.05) is 26.2 Å². The number of aromatic nitrogens is 2. The lowest BCUT2D eigenvalue weighted by atomic mass is 10.2. The first-order valence-corrected chi connectivity index (χ1v) is 9.06. The summed E-state index contributed by atoms with van der Waals surface area (Å²) in [5.41, 5.74) is 3.22. The fourth-order valence-corrected chi connectivity index (χ4v) is 3.40. The molecule has 4 rings (SSSR count). The highest BCUT2D eigenvalue weighted by Gasteiger charge is 2.15. The van der Waals surface area contributed by atoms with Crippen molar-refractivity contribution < 1.29 is 4.84 Å². The van der Waals surface area contributed by atoms with Crippen molar-refractivity contribution in [2.75, 3.05) is 0 Å². The third kappa shape index (κ3) is 3.26. The molecule has 0 saturated heterocycles. The summed E-state index contributed by atoms with van der Waals surface area (Å²) < 4.78 is 1.68. The number of hydrogen-bond acceptors (Lipinski definition) is 2. The summed E-state index contributed by atoms with van der Waals surface area (Å²) in [4.78, 5) is 10.8. The molecule has 0 unspecified atom stereocenters. The molecular formula is C20H13Cl3N2O. The van der Waals surface area contributed by atoms with Gasteiger partial charge >= 0.3 is 0 Å². The molecule has 0 saturated carbocycles. The number of fused-ring (bicyclic) bond motifs is 1. The minimum absolute atomic E-state index is 0.205.